The average molecular weight is 289 g/mol. The number of amides is 2. The van der Waals surface area contributed by atoms with Gasteiger partial charge in [-0.05, 0) is 19.1 Å². The second-order valence-corrected chi connectivity index (χ2v) is 6.12. The van der Waals surface area contributed by atoms with Crippen LogP contribution in [0.3, 0.4) is 0 Å². The molecule has 2 fully saturated rings. The first-order chi connectivity index (χ1) is 10.2. The fourth-order valence-corrected chi connectivity index (χ4v) is 3.40. The predicted octanol–water partition coefficient (Wildman–Crippen LogP) is 1.06. The molecule has 5 heteroatoms. The quantitative estimate of drug-likeness (QED) is 0.875. The molecule has 0 aliphatic carbocycles. The molecule has 1 aromatic rings. The lowest BCUT2D eigenvalue weighted by atomic mass is 10.0. The first-order valence-corrected chi connectivity index (χ1v) is 7.62. The molecular formula is C16H23N3O2. The maximum Gasteiger partial charge on any atom is 0.317 e. The second-order valence-electron chi connectivity index (χ2n) is 6.12. The highest BCUT2D eigenvalue weighted by Gasteiger charge is 2.41. The normalized spacial score (nSPS) is 24.3. The van der Waals surface area contributed by atoms with Crippen LogP contribution in [0.5, 0.6) is 0 Å². The molecule has 2 heterocycles. The minimum atomic E-state index is -0.0414. The molecular weight excluding hydrogens is 266 g/mol. The molecule has 2 aliphatic rings. The number of nitrogens with zero attached hydrogens (tertiary/aromatic N) is 2. The maximum absolute atomic E-state index is 11.9. The van der Waals surface area contributed by atoms with Gasteiger partial charge in [-0.15, -0.1) is 0 Å². The molecule has 0 unspecified atom stereocenters. The van der Waals surface area contributed by atoms with Crippen LogP contribution in [0.2, 0.25) is 0 Å². The highest BCUT2D eigenvalue weighted by molar-refractivity contribution is 5.74. The Bertz CT molecular complexity index is 489. The summed E-state index contributed by atoms with van der Waals surface area (Å²) < 4.78 is 0. The number of aliphatic hydroxyl groups is 1. The van der Waals surface area contributed by atoms with Gasteiger partial charge in [-0.3, -0.25) is 0 Å². The van der Waals surface area contributed by atoms with Crippen LogP contribution in [-0.2, 0) is 0 Å². The Balaban J connectivity index is 1.56. The van der Waals surface area contributed by atoms with Crippen molar-refractivity contribution in [3.05, 3.63) is 29.8 Å². The average Bonchev–Trinajstić information content (AvgIpc) is 3.04. The summed E-state index contributed by atoms with van der Waals surface area (Å²) in [6.45, 7) is 6.13. The van der Waals surface area contributed by atoms with Crippen LogP contribution in [0.1, 0.15) is 5.56 Å². The summed E-state index contributed by atoms with van der Waals surface area (Å²) in [6, 6.07) is 8.63. The van der Waals surface area contributed by atoms with Crippen molar-refractivity contribution in [1.82, 2.24) is 10.2 Å². The van der Waals surface area contributed by atoms with Crippen molar-refractivity contribution in [2.75, 3.05) is 44.2 Å². The van der Waals surface area contributed by atoms with Crippen LogP contribution < -0.4 is 10.2 Å². The molecule has 2 saturated heterocycles. The minimum absolute atomic E-state index is 0.00631. The summed E-state index contributed by atoms with van der Waals surface area (Å²) >= 11 is 0. The third-order valence-electron chi connectivity index (χ3n) is 4.56. The van der Waals surface area contributed by atoms with Crippen LogP contribution in [0.25, 0.3) is 0 Å². The van der Waals surface area contributed by atoms with Crippen molar-refractivity contribution in [3.63, 3.8) is 0 Å². The van der Waals surface area contributed by atoms with E-state index in [1.54, 1.807) is 0 Å². The molecule has 0 radical (unpaired) electrons. The van der Waals surface area contributed by atoms with E-state index >= 15 is 0 Å². The lowest BCUT2D eigenvalue weighted by molar-refractivity contribution is 0.201. The Morgan fingerprint density at radius 2 is 1.81 bits per heavy atom. The molecule has 114 valence electrons. The Morgan fingerprint density at radius 1 is 1.19 bits per heavy atom. The monoisotopic (exact) mass is 289 g/mol. The number of urea groups is 1. The fraction of sp³-hybridized carbons (Fsp3) is 0.562. The predicted molar refractivity (Wildman–Crippen MR) is 82.4 cm³/mol. The summed E-state index contributed by atoms with van der Waals surface area (Å²) in [7, 11) is 0. The molecule has 3 rings (SSSR count). The van der Waals surface area contributed by atoms with Crippen LogP contribution in [0, 0.1) is 18.8 Å². The summed E-state index contributed by atoms with van der Waals surface area (Å²) in [5.41, 5.74) is 2.57. The first kappa shape index (κ1) is 14.2. The molecule has 5 nitrogen and oxygen atoms in total. The maximum atomic E-state index is 11.9. The van der Waals surface area contributed by atoms with E-state index in [0.29, 0.717) is 18.4 Å². The van der Waals surface area contributed by atoms with Gasteiger partial charge in [-0.25, -0.2) is 4.79 Å². The standard InChI is InChI=1S/C16H23N3O2/c1-12-2-4-15(5-3-12)18-8-13-10-19(11-14(13)9-18)16(21)17-6-7-20/h2-5,13-14,20H,6-11H2,1H3,(H,17,21)/t13-,14+. The molecule has 2 amide bonds. The number of fused-ring (bicyclic) bond motifs is 1. The largest absolute Gasteiger partial charge is 0.395 e. The molecule has 21 heavy (non-hydrogen) atoms. The molecule has 2 N–H and O–H groups in total. The van der Waals surface area contributed by atoms with Gasteiger partial charge in [0.15, 0.2) is 0 Å². The number of rotatable bonds is 3. The number of aryl methyl sites for hydroxylation is 1. The van der Waals surface area contributed by atoms with Gasteiger partial charge in [0, 0.05) is 50.2 Å². The third kappa shape index (κ3) is 2.97. The van der Waals surface area contributed by atoms with Crippen LogP contribution in [0.4, 0.5) is 10.5 Å². The number of carbonyl (C=O) groups excluding carboxylic acids is 1. The smallest absolute Gasteiger partial charge is 0.317 e. The highest BCUT2D eigenvalue weighted by atomic mass is 16.3. The summed E-state index contributed by atoms with van der Waals surface area (Å²) in [5, 5.41) is 11.5. The zero-order valence-corrected chi connectivity index (χ0v) is 12.5. The van der Waals surface area contributed by atoms with E-state index in [1.165, 1.54) is 11.3 Å². The lowest BCUT2D eigenvalue weighted by Gasteiger charge is -2.23. The van der Waals surface area contributed by atoms with Gasteiger partial charge in [-0.2, -0.15) is 0 Å². The van der Waals surface area contributed by atoms with Gasteiger partial charge in [0.1, 0.15) is 0 Å². The molecule has 0 bridgehead atoms. The topological polar surface area (TPSA) is 55.8 Å². The molecule has 2 atom stereocenters. The Hall–Kier alpha value is -1.75. The SMILES string of the molecule is Cc1ccc(N2C[C@H]3CN(C(=O)NCCO)C[C@H]3C2)cc1. The zero-order chi connectivity index (χ0) is 14.8. The molecule has 1 aromatic carbocycles. The van der Waals surface area contributed by atoms with Gasteiger partial charge in [0.2, 0.25) is 0 Å². The molecule has 0 spiro atoms. The molecule has 0 aromatic heterocycles. The van der Waals surface area contributed by atoms with Gasteiger partial charge >= 0.3 is 6.03 Å². The third-order valence-corrected chi connectivity index (χ3v) is 4.56. The summed E-state index contributed by atoms with van der Waals surface area (Å²) in [4.78, 5) is 16.2. The van der Waals surface area contributed by atoms with Gasteiger partial charge < -0.3 is 20.2 Å². The second kappa shape index (κ2) is 5.93. The summed E-state index contributed by atoms with van der Waals surface area (Å²) in [6.07, 6.45) is 0. The highest BCUT2D eigenvalue weighted by Crippen LogP contribution is 2.33. The van der Waals surface area contributed by atoms with E-state index in [1.807, 2.05) is 4.90 Å². The van der Waals surface area contributed by atoms with Crippen molar-refractivity contribution in [3.8, 4) is 0 Å². The number of benzene rings is 1. The van der Waals surface area contributed by atoms with Crippen molar-refractivity contribution in [2.24, 2.45) is 11.8 Å². The molecule has 0 saturated carbocycles. The van der Waals surface area contributed by atoms with E-state index in [9.17, 15) is 4.79 Å². The Kier molecular flexibility index (Phi) is 4.01. The Morgan fingerprint density at radius 3 is 2.38 bits per heavy atom. The van der Waals surface area contributed by atoms with Crippen LogP contribution >= 0.6 is 0 Å². The Labute approximate surface area is 125 Å². The van der Waals surface area contributed by atoms with Gasteiger partial charge in [0.05, 0.1) is 6.61 Å². The summed E-state index contributed by atoms with van der Waals surface area (Å²) in [5.74, 6) is 1.12. The van der Waals surface area contributed by atoms with E-state index in [2.05, 4.69) is 41.4 Å². The van der Waals surface area contributed by atoms with Crippen molar-refractivity contribution in [1.29, 1.82) is 0 Å². The van der Waals surface area contributed by atoms with Crippen LogP contribution in [0.15, 0.2) is 24.3 Å². The molecule has 2 aliphatic heterocycles. The number of nitrogens with one attached hydrogen (secondary N) is 1. The number of carbonyl (C=O) groups is 1. The number of anilines is 1. The van der Waals surface area contributed by atoms with E-state index in [4.69, 9.17) is 5.11 Å². The van der Waals surface area contributed by atoms with Gasteiger partial charge in [-0.1, -0.05) is 17.7 Å². The van der Waals surface area contributed by atoms with E-state index in [0.717, 1.165) is 26.2 Å². The first-order valence-electron chi connectivity index (χ1n) is 7.62. The minimum Gasteiger partial charge on any atom is -0.395 e. The number of aliphatic hydroxyl groups excluding tert-OH is 1. The number of likely N-dealkylation sites (tertiary alicyclic amines) is 1. The number of hydrogen-bond donors (Lipinski definition) is 2. The van der Waals surface area contributed by atoms with Crippen LogP contribution in [-0.4, -0.2) is 55.4 Å². The van der Waals surface area contributed by atoms with Crippen molar-refractivity contribution >= 4 is 11.7 Å². The van der Waals surface area contributed by atoms with E-state index < -0.39 is 0 Å². The lowest BCUT2D eigenvalue weighted by Crippen LogP contribution is -2.41. The zero-order valence-electron chi connectivity index (χ0n) is 12.5. The number of hydrogen-bond acceptors (Lipinski definition) is 3. The van der Waals surface area contributed by atoms with Crippen molar-refractivity contribution in [2.45, 2.75) is 6.92 Å². The van der Waals surface area contributed by atoms with E-state index in [-0.39, 0.29) is 12.6 Å². The van der Waals surface area contributed by atoms with Crippen molar-refractivity contribution < 1.29 is 9.90 Å². The fourth-order valence-electron chi connectivity index (χ4n) is 3.40. The van der Waals surface area contributed by atoms with Gasteiger partial charge in [0.25, 0.3) is 0 Å².